The normalized spacial score (nSPS) is 41.4. The summed E-state index contributed by atoms with van der Waals surface area (Å²) in [5.74, 6) is 2.82. The molecule has 6 fully saturated rings. The van der Waals surface area contributed by atoms with Crippen molar-refractivity contribution in [3.8, 4) is 0 Å². The van der Waals surface area contributed by atoms with Crippen molar-refractivity contribution in [1.29, 1.82) is 0 Å². The second kappa shape index (κ2) is 9.16. The van der Waals surface area contributed by atoms with E-state index in [2.05, 4.69) is 57.4 Å². The first-order valence-corrected chi connectivity index (χ1v) is 17.2. The standard InChI is InChI=1S/C36H41N5O4/c1-2-37-32(42)30-26-17-34(13-19-7-3-4-8-20(19)14-34)45-29(26)28(44-30)24-9-5-6-10-25-27(24)38-18-39-31(25)40-33(43)41-35-15-22-11-21-12-23(16-35)36(21,22)35/h3-8,18,21-24,26,28-30H,2,9-17H2,1H3,(H,37,42)(H2,38,39,40,41,43). The summed E-state index contributed by atoms with van der Waals surface area (Å²) in [7, 11) is 0. The Kier molecular flexibility index (Phi) is 5.47. The lowest BCUT2D eigenvalue weighted by molar-refractivity contribution is -0.393. The van der Waals surface area contributed by atoms with Crippen molar-refractivity contribution in [1.82, 2.24) is 20.6 Å². The third-order valence-electron chi connectivity index (χ3n) is 13.6. The summed E-state index contributed by atoms with van der Waals surface area (Å²) in [5, 5.41) is 9.59. The number of hydrogen-bond acceptors (Lipinski definition) is 6. The van der Waals surface area contributed by atoms with Crippen LogP contribution >= 0.6 is 0 Å². The molecule has 3 heterocycles. The number of fused-ring (bicyclic) bond motifs is 3. The van der Waals surface area contributed by atoms with Crippen molar-refractivity contribution in [2.75, 3.05) is 11.9 Å². The van der Waals surface area contributed by atoms with Gasteiger partial charge in [-0.3, -0.25) is 10.1 Å². The monoisotopic (exact) mass is 607 g/mol. The Morgan fingerprint density at radius 2 is 1.76 bits per heavy atom. The lowest BCUT2D eigenvalue weighted by atomic mass is 9.15. The van der Waals surface area contributed by atoms with Gasteiger partial charge in [0.2, 0.25) is 5.91 Å². The first-order chi connectivity index (χ1) is 21.9. The second-order valence-corrected chi connectivity index (χ2v) is 15.3. The molecular weight excluding hydrogens is 566 g/mol. The van der Waals surface area contributed by atoms with Crippen molar-refractivity contribution < 1.29 is 19.1 Å². The van der Waals surface area contributed by atoms with E-state index in [0.29, 0.717) is 24.2 Å². The number of rotatable bonds is 5. The number of carbonyl (C=O) groups is 2. The number of carbonyl (C=O) groups excluding carboxylic acids is 2. The Balaban J connectivity index is 0.932. The molecule has 1 aromatic heterocycles. The lowest BCUT2D eigenvalue weighted by Gasteiger charge is -2.90. The molecule has 6 aliphatic carbocycles. The van der Waals surface area contributed by atoms with Gasteiger partial charge in [-0.25, -0.2) is 14.8 Å². The predicted molar refractivity (Wildman–Crippen MR) is 165 cm³/mol. The molecule has 9 heteroatoms. The highest BCUT2D eigenvalue weighted by molar-refractivity contribution is 5.90. The fourth-order valence-electron chi connectivity index (χ4n) is 12.1. The molecule has 4 saturated carbocycles. The molecule has 0 radical (unpaired) electrons. The summed E-state index contributed by atoms with van der Waals surface area (Å²) < 4.78 is 13.8. The van der Waals surface area contributed by atoms with Crippen LogP contribution in [0.5, 0.6) is 0 Å². The van der Waals surface area contributed by atoms with Crippen LogP contribution in [0.15, 0.2) is 42.7 Å². The third-order valence-corrected chi connectivity index (χ3v) is 13.6. The first kappa shape index (κ1) is 26.9. The highest BCUT2D eigenvalue weighted by Crippen LogP contribution is 2.89. The molecule has 2 spiro atoms. The number of hydrogen-bond donors (Lipinski definition) is 3. The molecule has 45 heavy (non-hydrogen) atoms. The van der Waals surface area contributed by atoms with E-state index in [0.717, 1.165) is 67.5 Å². The van der Waals surface area contributed by atoms with E-state index in [1.54, 1.807) is 6.33 Å². The second-order valence-electron chi connectivity index (χ2n) is 15.3. The molecule has 9 nitrogen and oxygen atoms in total. The van der Waals surface area contributed by atoms with Crippen LogP contribution in [-0.4, -0.2) is 57.9 Å². The maximum absolute atomic E-state index is 13.5. The number of benzene rings is 1. The summed E-state index contributed by atoms with van der Waals surface area (Å²) in [5.41, 5.74) is 4.58. The Hall–Kier alpha value is -3.30. The van der Waals surface area contributed by atoms with Gasteiger partial charge in [0.05, 0.1) is 23.5 Å². The molecular formula is C36H41N5O4. The van der Waals surface area contributed by atoms with Crippen LogP contribution in [-0.2, 0) is 33.5 Å². The van der Waals surface area contributed by atoms with E-state index in [1.165, 1.54) is 24.0 Å². The largest absolute Gasteiger partial charge is 0.368 e. The van der Waals surface area contributed by atoms with Gasteiger partial charge < -0.3 is 20.1 Å². The molecule has 234 valence electrons. The quantitative estimate of drug-likeness (QED) is 0.439. The smallest absolute Gasteiger partial charge is 0.320 e. The fourth-order valence-corrected chi connectivity index (χ4v) is 12.1. The fraction of sp³-hybridized carbons (Fsp3) is 0.611. The van der Waals surface area contributed by atoms with Gasteiger partial charge in [-0.1, -0.05) is 36.4 Å². The van der Waals surface area contributed by atoms with Crippen LogP contribution in [0, 0.1) is 29.1 Å². The van der Waals surface area contributed by atoms with Crippen molar-refractivity contribution in [3.63, 3.8) is 0 Å². The van der Waals surface area contributed by atoms with Gasteiger partial charge in [0.15, 0.2) is 0 Å². The van der Waals surface area contributed by atoms with Crippen LogP contribution in [0.2, 0.25) is 0 Å². The number of nitrogens with one attached hydrogen (secondary N) is 3. The van der Waals surface area contributed by atoms with E-state index >= 15 is 0 Å². The van der Waals surface area contributed by atoms with Crippen LogP contribution in [0.25, 0.3) is 0 Å². The maximum atomic E-state index is 13.5. The van der Waals surface area contributed by atoms with Crippen molar-refractivity contribution in [2.24, 2.45) is 29.1 Å². The van der Waals surface area contributed by atoms with Gasteiger partial charge in [0, 0.05) is 47.7 Å². The molecule has 3 N–H and O–H groups in total. The van der Waals surface area contributed by atoms with Crippen LogP contribution in [0.4, 0.5) is 10.6 Å². The van der Waals surface area contributed by atoms with Crippen molar-refractivity contribution in [2.45, 2.75) is 100 Å². The minimum atomic E-state index is -0.568. The molecule has 8 aliphatic rings. The van der Waals surface area contributed by atoms with E-state index < -0.39 is 6.10 Å². The molecule has 7 unspecified atom stereocenters. The summed E-state index contributed by atoms with van der Waals surface area (Å²) in [6, 6.07) is 8.45. The number of likely N-dealkylation sites (N-methyl/N-ethyl adjacent to an activating group) is 1. The Bertz CT molecular complexity index is 1600. The molecule has 3 amide bonds. The number of urea groups is 1. The summed E-state index contributed by atoms with van der Waals surface area (Å²) in [6.45, 7) is 2.50. The summed E-state index contributed by atoms with van der Waals surface area (Å²) >= 11 is 0. The van der Waals surface area contributed by atoms with Gasteiger partial charge in [-0.05, 0) is 80.8 Å². The van der Waals surface area contributed by atoms with Crippen LogP contribution in [0.1, 0.15) is 73.8 Å². The first-order valence-electron chi connectivity index (χ1n) is 17.2. The Labute approximate surface area is 263 Å². The van der Waals surface area contributed by atoms with E-state index in [-0.39, 0.29) is 47.1 Å². The molecule has 7 atom stereocenters. The molecule has 1 aromatic carbocycles. The predicted octanol–water partition coefficient (Wildman–Crippen LogP) is 4.22. The summed E-state index contributed by atoms with van der Waals surface area (Å²) in [4.78, 5) is 36.3. The zero-order valence-electron chi connectivity index (χ0n) is 25.8. The van der Waals surface area contributed by atoms with Crippen molar-refractivity contribution in [3.05, 3.63) is 65.1 Å². The van der Waals surface area contributed by atoms with Crippen LogP contribution < -0.4 is 16.0 Å². The molecule has 2 aromatic rings. The molecule has 2 saturated heterocycles. The Morgan fingerprint density at radius 1 is 0.978 bits per heavy atom. The average molecular weight is 608 g/mol. The molecule has 0 bridgehead atoms. The molecule has 2 aliphatic heterocycles. The van der Waals surface area contributed by atoms with Gasteiger partial charge in [0.1, 0.15) is 18.2 Å². The van der Waals surface area contributed by atoms with E-state index in [4.69, 9.17) is 14.5 Å². The number of ether oxygens (including phenoxy) is 2. The number of aromatic nitrogens is 2. The maximum Gasteiger partial charge on any atom is 0.320 e. The van der Waals surface area contributed by atoms with Crippen LogP contribution in [0.3, 0.4) is 0 Å². The third kappa shape index (κ3) is 3.41. The minimum absolute atomic E-state index is 0.00353. The Morgan fingerprint density at radius 3 is 2.47 bits per heavy atom. The number of allylic oxidation sites excluding steroid dienone is 2. The lowest BCUT2D eigenvalue weighted by Crippen LogP contribution is -2.93. The topological polar surface area (TPSA) is 114 Å². The van der Waals surface area contributed by atoms with E-state index in [9.17, 15) is 9.59 Å². The van der Waals surface area contributed by atoms with Gasteiger partial charge >= 0.3 is 6.03 Å². The number of nitrogens with zero attached hydrogens (tertiary/aromatic N) is 2. The number of anilines is 1. The highest BCUT2D eigenvalue weighted by Gasteiger charge is 2.88. The minimum Gasteiger partial charge on any atom is -0.368 e. The van der Waals surface area contributed by atoms with E-state index in [1.807, 2.05) is 6.92 Å². The SMILES string of the molecule is CCNC(=O)C1OC(C2CC=CCc3c(NC(=O)NC45CC6CC7CC(C4)C765)ncnc32)C2OC3(Cc4ccccc4C3)CC12. The highest BCUT2D eigenvalue weighted by atomic mass is 16.6. The zero-order chi connectivity index (χ0) is 30.1. The van der Waals surface area contributed by atoms with Gasteiger partial charge in [0.25, 0.3) is 0 Å². The molecule has 10 rings (SSSR count). The van der Waals surface area contributed by atoms with Gasteiger partial charge in [-0.15, -0.1) is 0 Å². The van der Waals surface area contributed by atoms with Crippen molar-refractivity contribution >= 4 is 17.8 Å². The number of amides is 3. The zero-order valence-corrected chi connectivity index (χ0v) is 25.8. The average Bonchev–Trinajstić information content (AvgIpc) is 3.58. The summed E-state index contributed by atoms with van der Waals surface area (Å²) in [6.07, 6.45) is 13.6. The van der Waals surface area contributed by atoms with Gasteiger partial charge in [-0.2, -0.15) is 0 Å².